The fraction of sp³-hybridized carbons (Fsp3) is 0.357. The number of carboxylic acid groups (broad SMARTS) is 1. The molecule has 1 aromatic carbocycles. The first kappa shape index (κ1) is 11.7. The van der Waals surface area contributed by atoms with Crippen LogP contribution in [0.3, 0.4) is 0 Å². The normalized spacial score (nSPS) is 11.9. The van der Waals surface area contributed by atoms with Gasteiger partial charge in [-0.25, -0.2) is 0 Å². The zero-order chi connectivity index (χ0) is 12.6. The molecule has 0 saturated heterocycles. The molecule has 90 valence electrons. The smallest absolute Gasteiger partial charge is 0.304 e. The van der Waals surface area contributed by atoms with Gasteiger partial charge in [-0.2, -0.15) is 0 Å². The molecule has 0 unspecified atom stereocenters. The molecule has 1 N–H and O–H groups in total. The van der Waals surface area contributed by atoms with Gasteiger partial charge in [-0.3, -0.25) is 4.79 Å². The fourth-order valence-electron chi connectivity index (χ4n) is 2.28. The largest absolute Gasteiger partial charge is 0.481 e. The highest BCUT2D eigenvalue weighted by Gasteiger charge is 2.27. The highest BCUT2D eigenvalue weighted by molar-refractivity contribution is 5.86. The lowest BCUT2D eigenvalue weighted by molar-refractivity contribution is -0.138. The maximum Gasteiger partial charge on any atom is 0.304 e. The number of carbonyl (C=O) groups is 1. The average Bonchev–Trinajstić information content (AvgIpc) is 2.59. The Morgan fingerprint density at radius 2 is 2.12 bits per heavy atom. The Morgan fingerprint density at radius 1 is 1.41 bits per heavy atom. The summed E-state index contributed by atoms with van der Waals surface area (Å²) >= 11 is 0. The van der Waals surface area contributed by atoms with E-state index in [0.29, 0.717) is 0 Å². The van der Waals surface area contributed by atoms with Gasteiger partial charge in [0, 0.05) is 10.8 Å². The lowest BCUT2D eigenvalue weighted by atomic mass is 9.79. The minimum Gasteiger partial charge on any atom is -0.481 e. The summed E-state index contributed by atoms with van der Waals surface area (Å²) in [4.78, 5) is 10.9. The molecule has 0 bridgehead atoms. The summed E-state index contributed by atoms with van der Waals surface area (Å²) in [5.41, 5.74) is 2.50. The van der Waals surface area contributed by atoms with Crippen LogP contribution in [0, 0.1) is 6.92 Å². The van der Waals surface area contributed by atoms with Gasteiger partial charge in [-0.05, 0) is 24.1 Å². The minimum absolute atomic E-state index is 0.108. The Bertz CT molecular complexity index is 564. The zero-order valence-electron chi connectivity index (χ0n) is 10.3. The third-order valence-electron chi connectivity index (χ3n) is 3.11. The van der Waals surface area contributed by atoms with Gasteiger partial charge < -0.3 is 9.52 Å². The summed E-state index contributed by atoms with van der Waals surface area (Å²) in [5.74, 6) is -0.784. The van der Waals surface area contributed by atoms with E-state index < -0.39 is 11.4 Å². The molecule has 0 aliphatic heterocycles. The molecular weight excluding hydrogens is 216 g/mol. The van der Waals surface area contributed by atoms with Gasteiger partial charge in [-0.15, -0.1) is 0 Å². The van der Waals surface area contributed by atoms with Crippen LogP contribution in [0.15, 0.2) is 28.9 Å². The van der Waals surface area contributed by atoms with Crippen molar-refractivity contribution in [1.82, 2.24) is 0 Å². The first-order chi connectivity index (χ1) is 7.92. The second-order valence-electron chi connectivity index (χ2n) is 5.05. The van der Waals surface area contributed by atoms with Crippen LogP contribution in [0.1, 0.15) is 31.4 Å². The number of benzene rings is 1. The zero-order valence-corrected chi connectivity index (χ0v) is 10.3. The molecule has 2 rings (SSSR count). The fourth-order valence-corrected chi connectivity index (χ4v) is 2.28. The number of aliphatic carboxylic acids is 1. The second kappa shape index (κ2) is 3.91. The minimum atomic E-state index is -0.784. The van der Waals surface area contributed by atoms with E-state index in [0.717, 1.165) is 22.1 Å². The van der Waals surface area contributed by atoms with E-state index in [1.807, 2.05) is 39.0 Å². The predicted octanol–water partition coefficient (Wildman–Crippen LogP) is 3.49. The van der Waals surface area contributed by atoms with Crippen LogP contribution < -0.4 is 0 Å². The second-order valence-corrected chi connectivity index (χ2v) is 5.05. The molecular formula is C14H16O3. The van der Waals surface area contributed by atoms with E-state index in [9.17, 15) is 4.79 Å². The van der Waals surface area contributed by atoms with Crippen LogP contribution in [-0.4, -0.2) is 11.1 Å². The first-order valence-corrected chi connectivity index (χ1v) is 5.61. The summed E-state index contributed by atoms with van der Waals surface area (Å²) < 4.78 is 5.44. The van der Waals surface area contributed by atoms with E-state index in [1.54, 1.807) is 6.26 Å². The standard InChI is InChI=1S/C14H16O3/c1-9-8-17-11-6-4-5-10(13(9)11)14(2,3)7-12(15)16/h4-6,8H,7H2,1-3H3,(H,15,16). The molecule has 3 heteroatoms. The van der Waals surface area contributed by atoms with E-state index in [-0.39, 0.29) is 6.42 Å². The molecule has 17 heavy (non-hydrogen) atoms. The highest BCUT2D eigenvalue weighted by atomic mass is 16.4. The van der Waals surface area contributed by atoms with E-state index >= 15 is 0 Å². The van der Waals surface area contributed by atoms with Crippen molar-refractivity contribution < 1.29 is 14.3 Å². The van der Waals surface area contributed by atoms with Crippen LogP contribution >= 0.6 is 0 Å². The van der Waals surface area contributed by atoms with Gasteiger partial charge >= 0.3 is 5.97 Å². The molecule has 0 radical (unpaired) electrons. The summed E-state index contributed by atoms with van der Waals surface area (Å²) in [6, 6.07) is 5.79. The van der Waals surface area contributed by atoms with Crippen molar-refractivity contribution in [1.29, 1.82) is 0 Å². The van der Waals surface area contributed by atoms with Crippen molar-refractivity contribution in [2.24, 2.45) is 0 Å². The Balaban J connectivity index is 2.61. The topological polar surface area (TPSA) is 50.4 Å². The van der Waals surface area contributed by atoms with Gasteiger partial charge in [0.05, 0.1) is 12.7 Å². The van der Waals surface area contributed by atoms with Gasteiger partial charge in [0.15, 0.2) is 0 Å². The molecule has 0 spiro atoms. The van der Waals surface area contributed by atoms with Crippen molar-refractivity contribution in [2.45, 2.75) is 32.6 Å². The number of carboxylic acids is 1. The predicted molar refractivity (Wildman–Crippen MR) is 66.2 cm³/mol. The van der Waals surface area contributed by atoms with Crippen LogP contribution in [0.2, 0.25) is 0 Å². The maximum absolute atomic E-state index is 10.9. The number of aryl methyl sites for hydroxylation is 1. The molecule has 0 aliphatic carbocycles. The van der Waals surface area contributed by atoms with Crippen LogP contribution in [0.5, 0.6) is 0 Å². The Hall–Kier alpha value is -1.77. The Morgan fingerprint density at radius 3 is 2.76 bits per heavy atom. The van der Waals surface area contributed by atoms with Gasteiger partial charge in [-0.1, -0.05) is 26.0 Å². The van der Waals surface area contributed by atoms with Gasteiger partial charge in [0.25, 0.3) is 0 Å². The molecule has 3 nitrogen and oxygen atoms in total. The number of hydrogen-bond acceptors (Lipinski definition) is 2. The summed E-state index contributed by atoms with van der Waals surface area (Å²) in [6.45, 7) is 5.87. The molecule has 0 aliphatic rings. The van der Waals surface area contributed by atoms with Gasteiger partial charge in [0.1, 0.15) is 5.58 Å². The number of rotatable bonds is 3. The molecule has 1 aromatic heterocycles. The first-order valence-electron chi connectivity index (χ1n) is 5.61. The third kappa shape index (κ3) is 2.05. The molecule has 2 aromatic rings. The lowest BCUT2D eigenvalue weighted by Gasteiger charge is -2.24. The maximum atomic E-state index is 10.9. The number of hydrogen-bond donors (Lipinski definition) is 1. The molecule has 1 heterocycles. The van der Waals surface area contributed by atoms with E-state index in [1.165, 1.54) is 0 Å². The van der Waals surface area contributed by atoms with Crippen molar-refractivity contribution in [3.8, 4) is 0 Å². The van der Waals surface area contributed by atoms with Crippen LogP contribution in [0.4, 0.5) is 0 Å². The van der Waals surface area contributed by atoms with Crippen molar-refractivity contribution >= 4 is 16.9 Å². The van der Waals surface area contributed by atoms with Crippen molar-refractivity contribution in [3.05, 3.63) is 35.6 Å². The molecule has 0 amide bonds. The van der Waals surface area contributed by atoms with Crippen LogP contribution in [0.25, 0.3) is 11.0 Å². The van der Waals surface area contributed by atoms with Crippen LogP contribution in [-0.2, 0) is 10.2 Å². The van der Waals surface area contributed by atoms with Crippen molar-refractivity contribution in [3.63, 3.8) is 0 Å². The Labute approximate surface area is 100 Å². The monoisotopic (exact) mass is 232 g/mol. The van der Waals surface area contributed by atoms with E-state index in [2.05, 4.69) is 0 Å². The average molecular weight is 232 g/mol. The molecule has 0 fully saturated rings. The third-order valence-corrected chi connectivity index (χ3v) is 3.11. The molecule has 0 atom stereocenters. The van der Waals surface area contributed by atoms with Crippen molar-refractivity contribution in [2.75, 3.05) is 0 Å². The van der Waals surface area contributed by atoms with E-state index in [4.69, 9.17) is 9.52 Å². The summed E-state index contributed by atoms with van der Waals surface area (Å²) in [5, 5.41) is 10.0. The van der Waals surface area contributed by atoms with Gasteiger partial charge in [0.2, 0.25) is 0 Å². The summed E-state index contributed by atoms with van der Waals surface area (Å²) in [7, 11) is 0. The highest BCUT2D eigenvalue weighted by Crippen LogP contribution is 2.35. The quantitative estimate of drug-likeness (QED) is 0.881. The molecule has 0 saturated carbocycles. The number of furan rings is 1. The summed E-state index contributed by atoms with van der Waals surface area (Å²) in [6.07, 6.45) is 1.82. The Kier molecular flexibility index (Phi) is 2.69. The SMILES string of the molecule is Cc1coc2cccc(C(C)(C)CC(=O)O)c12. The number of fused-ring (bicyclic) bond motifs is 1. The lowest BCUT2D eigenvalue weighted by Crippen LogP contribution is -2.22.